The van der Waals surface area contributed by atoms with E-state index < -0.39 is 0 Å². The second-order valence-electron chi connectivity index (χ2n) is 5.98. The number of nitrogens with one attached hydrogen (secondary N) is 1. The monoisotopic (exact) mass is 249 g/mol. The first kappa shape index (κ1) is 15.1. The van der Waals surface area contributed by atoms with Crippen molar-refractivity contribution in [3.05, 3.63) is 30.1 Å². The van der Waals surface area contributed by atoms with Crippen molar-refractivity contribution in [3.8, 4) is 0 Å². The zero-order valence-corrected chi connectivity index (χ0v) is 12.2. The molecule has 102 valence electrons. The van der Waals surface area contributed by atoms with E-state index in [1.807, 2.05) is 18.5 Å². The van der Waals surface area contributed by atoms with E-state index in [1.54, 1.807) is 0 Å². The third kappa shape index (κ3) is 7.41. The van der Waals surface area contributed by atoms with Crippen LogP contribution in [0.2, 0.25) is 0 Å². The van der Waals surface area contributed by atoms with E-state index in [4.69, 9.17) is 0 Å². The fourth-order valence-corrected chi connectivity index (χ4v) is 1.85. The molecule has 0 saturated carbocycles. The molecule has 18 heavy (non-hydrogen) atoms. The topological polar surface area (TPSA) is 28.2 Å². The highest BCUT2D eigenvalue weighted by Crippen LogP contribution is 2.03. The molecule has 0 saturated heterocycles. The van der Waals surface area contributed by atoms with Crippen molar-refractivity contribution >= 4 is 0 Å². The van der Waals surface area contributed by atoms with Crippen LogP contribution in [0.4, 0.5) is 0 Å². The summed E-state index contributed by atoms with van der Waals surface area (Å²) in [4.78, 5) is 6.49. The normalized spacial score (nSPS) is 12.1. The van der Waals surface area contributed by atoms with Crippen molar-refractivity contribution in [1.29, 1.82) is 0 Å². The average Bonchev–Trinajstić information content (AvgIpc) is 2.28. The third-order valence-corrected chi connectivity index (χ3v) is 2.80. The number of rotatable bonds is 7. The van der Waals surface area contributed by atoms with Gasteiger partial charge in [0.05, 0.1) is 0 Å². The molecule has 0 atom stereocenters. The zero-order valence-electron chi connectivity index (χ0n) is 12.2. The lowest BCUT2D eigenvalue weighted by Gasteiger charge is -2.21. The summed E-state index contributed by atoms with van der Waals surface area (Å²) in [6.07, 6.45) is 6.23. The van der Waals surface area contributed by atoms with Crippen LogP contribution in [-0.2, 0) is 6.54 Å². The Morgan fingerprint density at radius 2 is 2.06 bits per heavy atom. The van der Waals surface area contributed by atoms with Crippen LogP contribution >= 0.6 is 0 Å². The predicted octanol–water partition coefficient (Wildman–Crippen LogP) is 2.68. The van der Waals surface area contributed by atoms with Gasteiger partial charge in [-0.3, -0.25) is 4.98 Å². The standard InChI is InChI=1S/C15H27N3/c1-15(2,3)17-10-5-6-11-18(4)13-14-8-7-9-16-12-14/h7-9,12,17H,5-6,10-11,13H2,1-4H3. The fraction of sp³-hybridized carbons (Fsp3) is 0.667. The maximum Gasteiger partial charge on any atom is 0.0312 e. The van der Waals surface area contributed by atoms with Crippen molar-refractivity contribution in [3.63, 3.8) is 0 Å². The quantitative estimate of drug-likeness (QED) is 0.753. The summed E-state index contributed by atoms with van der Waals surface area (Å²) >= 11 is 0. The van der Waals surface area contributed by atoms with E-state index in [1.165, 1.54) is 18.4 Å². The summed E-state index contributed by atoms with van der Waals surface area (Å²) in [5, 5.41) is 3.52. The van der Waals surface area contributed by atoms with Gasteiger partial charge in [0, 0.05) is 24.5 Å². The third-order valence-electron chi connectivity index (χ3n) is 2.80. The maximum atomic E-state index is 4.14. The minimum Gasteiger partial charge on any atom is -0.312 e. The highest BCUT2D eigenvalue weighted by Gasteiger charge is 2.07. The Morgan fingerprint density at radius 3 is 2.67 bits per heavy atom. The van der Waals surface area contributed by atoms with E-state index in [9.17, 15) is 0 Å². The van der Waals surface area contributed by atoms with Crippen molar-refractivity contribution < 1.29 is 0 Å². The first-order chi connectivity index (χ1) is 8.47. The van der Waals surface area contributed by atoms with E-state index in [0.717, 1.165) is 19.6 Å². The summed E-state index contributed by atoms with van der Waals surface area (Å²) in [5.74, 6) is 0. The Morgan fingerprint density at radius 1 is 1.28 bits per heavy atom. The maximum absolute atomic E-state index is 4.14. The Kier molecular flexibility index (Phi) is 6.30. The first-order valence-corrected chi connectivity index (χ1v) is 6.80. The zero-order chi connectivity index (χ0) is 13.4. The molecule has 0 spiro atoms. The van der Waals surface area contributed by atoms with Gasteiger partial charge in [-0.1, -0.05) is 6.07 Å². The van der Waals surface area contributed by atoms with Crippen molar-refractivity contribution in [2.75, 3.05) is 20.1 Å². The predicted molar refractivity (Wildman–Crippen MR) is 77.6 cm³/mol. The second kappa shape index (κ2) is 7.49. The number of aromatic nitrogens is 1. The lowest BCUT2D eigenvalue weighted by Crippen LogP contribution is -2.36. The lowest BCUT2D eigenvalue weighted by atomic mass is 10.1. The molecule has 1 rings (SSSR count). The van der Waals surface area contributed by atoms with Crippen LogP contribution in [0.25, 0.3) is 0 Å². The molecule has 0 bridgehead atoms. The van der Waals surface area contributed by atoms with Gasteiger partial charge in [-0.2, -0.15) is 0 Å². The van der Waals surface area contributed by atoms with Gasteiger partial charge in [-0.15, -0.1) is 0 Å². The number of hydrogen-bond donors (Lipinski definition) is 1. The summed E-state index contributed by atoms with van der Waals surface area (Å²) < 4.78 is 0. The van der Waals surface area contributed by atoms with Gasteiger partial charge in [0.25, 0.3) is 0 Å². The van der Waals surface area contributed by atoms with Gasteiger partial charge in [-0.25, -0.2) is 0 Å². The summed E-state index contributed by atoms with van der Waals surface area (Å²) in [5.41, 5.74) is 1.52. The molecule has 1 heterocycles. The molecule has 3 nitrogen and oxygen atoms in total. The molecule has 1 aromatic heterocycles. The Hall–Kier alpha value is -0.930. The molecule has 3 heteroatoms. The van der Waals surface area contributed by atoms with Crippen molar-refractivity contribution in [1.82, 2.24) is 15.2 Å². The number of unbranched alkanes of at least 4 members (excludes halogenated alkanes) is 1. The summed E-state index contributed by atoms with van der Waals surface area (Å²) in [6.45, 7) is 9.86. The Bertz CT molecular complexity index is 316. The van der Waals surface area contributed by atoms with Gasteiger partial charge >= 0.3 is 0 Å². The number of nitrogens with zero attached hydrogens (tertiary/aromatic N) is 2. The largest absolute Gasteiger partial charge is 0.312 e. The first-order valence-electron chi connectivity index (χ1n) is 6.80. The van der Waals surface area contributed by atoms with Crippen LogP contribution < -0.4 is 5.32 Å². The molecule has 0 aliphatic rings. The molecule has 0 unspecified atom stereocenters. The van der Waals surface area contributed by atoms with Crippen LogP contribution in [-0.4, -0.2) is 35.6 Å². The Labute approximate surface area is 112 Å². The fourth-order valence-electron chi connectivity index (χ4n) is 1.85. The van der Waals surface area contributed by atoms with Gasteiger partial charge < -0.3 is 10.2 Å². The van der Waals surface area contributed by atoms with E-state index in [-0.39, 0.29) is 5.54 Å². The summed E-state index contributed by atoms with van der Waals surface area (Å²) in [7, 11) is 2.17. The molecular weight excluding hydrogens is 222 g/mol. The van der Waals surface area contributed by atoms with Crippen molar-refractivity contribution in [2.45, 2.75) is 45.7 Å². The Balaban J connectivity index is 2.09. The molecule has 0 aromatic carbocycles. The van der Waals surface area contributed by atoms with Gasteiger partial charge in [0.15, 0.2) is 0 Å². The van der Waals surface area contributed by atoms with E-state index in [0.29, 0.717) is 0 Å². The second-order valence-corrected chi connectivity index (χ2v) is 5.98. The van der Waals surface area contributed by atoms with Crippen LogP contribution in [0.3, 0.4) is 0 Å². The van der Waals surface area contributed by atoms with Crippen LogP contribution in [0.1, 0.15) is 39.2 Å². The van der Waals surface area contributed by atoms with Crippen LogP contribution in [0, 0.1) is 0 Å². The smallest absolute Gasteiger partial charge is 0.0312 e. The SMILES string of the molecule is CN(CCCCNC(C)(C)C)Cc1cccnc1. The van der Waals surface area contributed by atoms with E-state index >= 15 is 0 Å². The highest BCUT2D eigenvalue weighted by molar-refractivity contribution is 5.07. The van der Waals surface area contributed by atoms with Gasteiger partial charge in [-0.05, 0) is 65.4 Å². The number of pyridine rings is 1. The highest BCUT2D eigenvalue weighted by atomic mass is 15.1. The average molecular weight is 249 g/mol. The van der Waals surface area contributed by atoms with Crippen LogP contribution in [0.15, 0.2) is 24.5 Å². The van der Waals surface area contributed by atoms with E-state index in [2.05, 4.69) is 49.1 Å². The van der Waals surface area contributed by atoms with Gasteiger partial charge in [0.1, 0.15) is 0 Å². The van der Waals surface area contributed by atoms with Gasteiger partial charge in [0.2, 0.25) is 0 Å². The van der Waals surface area contributed by atoms with Crippen LogP contribution in [0.5, 0.6) is 0 Å². The van der Waals surface area contributed by atoms with Crippen molar-refractivity contribution in [2.24, 2.45) is 0 Å². The molecule has 1 N–H and O–H groups in total. The molecular formula is C15H27N3. The lowest BCUT2D eigenvalue weighted by molar-refractivity contribution is 0.313. The minimum atomic E-state index is 0.238. The molecule has 0 radical (unpaired) electrons. The number of hydrogen-bond acceptors (Lipinski definition) is 3. The molecule has 0 aliphatic heterocycles. The summed E-state index contributed by atoms with van der Waals surface area (Å²) in [6, 6.07) is 4.13. The molecule has 0 aliphatic carbocycles. The molecule has 0 fully saturated rings. The molecule has 0 amide bonds. The minimum absolute atomic E-state index is 0.238. The molecule has 1 aromatic rings.